The number of carboxylic acids is 2. The molecule has 0 bridgehead atoms. The number of rotatable bonds is 10. The van der Waals surface area contributed by atoms with Crippen LogP contribution in [0.5, 0.6) is 0 Å². The van der Waals surface area contributed by atoms with E-state index in [9.17, 15) is 32.7 Å². The number of unbranched alkanes of at least 4 members (excludes halogenated alkanes) is 1. The molecular formula is C24H23N3O9S5. The molecule has 1 aromatic heterocycles. The highest BCUT2D eigenvalue weighted by Gasteiger charge is 2.35. The van der Waals surface area contributed by atoms with Crippen molar-refractivity contribution in [2.75, 3.05) is 23.7 Å². The Labute approximate surface area is 251 Å². The Kier molecular flexibility index (Phi) is 9.45. The number of hydrogen-bond acceptors (Lipinski definition) is 11. The second kappa shape index (κ2) is 12.5. The van der Waals surface area contributed by atoms with E-state index in [1.165, 1.54) is 11.8 Å². The lowest BCUT2D eigenvalue weighted by atomic mass is 10.2. The van der Waals surface area contributed by atoms with Crippen molar-refractivity contribution >= 4 is 95.5 Å². The molecule has 2 aromatic rings. The van der Waals surface area contributed by atoms with E-state index in [0.717, 1.165) is 48.2 Å². The molecule has 12 nitrogen and oxygen atoms in total. The van der Waals surface area contributed by atoms with Gasteiger partial charge in [-0.15, -0.1) is 11.3 Å². The van der Waals surface area contributed by atoms with Crippen LogP contribution in [0.15, 0.2) is 45.1 Å². The number of aliphatic carboxylic acids is 2. The summed E-state index contributed by atoms with van der Waals surface area (Å²) in [5.74, 6) is -3.65. The molecule has 0 radical (unpaired) electrons. The van der Waals surface area contributed by atoms with E-state index in [1.807, 2.05) is 29.2 Å². The molecule has 1 saturated heterocycles. The number of fused-ring (bicyclic) bond motifs is 1. The number of nitrogens with zero attached hydrogens (tertiary/aromatic N) is 3. The third-order valence-electron chi connectivity index (χ3n) is 5.88. The van der Waals surface area contributed by atoms with E-state index < -0.39 is 46.6 Å². The molecule has 1 aromatic carbocycles. The molecule has 4 rings (SSSR count). The number of aromatic nitrogens is 1. The normalized spacial score (nSPS) is 18.3. The smallest absolute Gasteiger partial charge is 0.323 e. The highest BCUT2D eigenvalue weighted by molar-refractivity contribution is 8.30. The van der Waals surface area contributed by atoms with Crippen LogP contribution in [0, 0.1) is 0 Å². The van der Waals surface area contributed by atoms with Crippen LogP contribution in [0.25, 0.3) is 10.5 Å². The van der Waals surface area contributed by atoms with Crippen LogP contribution in [0.2, 0.25) is 0 Å². The van der Waals surface area contributed by atoms with E-state index in [1.54, 1.807) is 13.0 Å². The SMILES string of the molecule is CC(C=C1Sc2ccccc2N1CCCCS(=O)(=O)O)=c1s/c(=C2/SC(=S)N(CC(=O)O)C2=O)n(CC(=O)O)c1=O. The monoisotopic (exact) mass is 657 g/mol. The summed E-state index contributed by atoms with van der Waals surface area (Å²) in [4.78, 5) is 53.0. The van der Waals surface area contributed by atoms with Crippen LogP contribution in [0.4, 0.5) is 5.69 Å². The molecule has 17 heteroatoms. The van der Waals surface area contributed by atoms with Crippen LogP contribution >= 0.6 is 47.1 Å². The van der Waals surface area contributed by atoms with Gasteiger partial charge in [-0.05, 0) is 43.5 Å². The van der Waals surface area contributed by atoms with Gasteiger partial charge in [0, 0.05) is 11.4 Å². The van der Waals surface area contributed by atoms with Gasteiger partial charge in [0.1, 0.15) is 27.0 Å². The minimum absolute atomic E-state index is 0.00995. The number of allylic oxidation sites excluding steroid dienone is 1. The lowest BCUT2D eigenvalue weighted by molar-refractivity contribution is -0.140. The summed E-state index contributed by atoms with van der Waals surface area (Å²) in [5, 5.41) is 19.3. The lowest BCUT2D eigenvalue weighted by Crippen LogP contribution is -2.37. The molecule has 0 spiro atoms. The number of thiazole rings is 1. The average Bonchev–Trinajstić information content (AvgIpc) is 3.48. The van der Waals surface area contributed by atoms with Crippen LogP contribution in [0.3, 0.4) is 0 Å². The van der Waals surface area contributed by atoms with Gasteiger partial charge in [-0.25, -0.2) is 0 Å². The highest BCUT2D eigenvalue weighted by atomic mass is 32.2. The van der Waals surface area contributed by atoms with Gasteiger partial charge in [0.15, 0.2) is 0 Å². The maximum absolute atomic E-state index is 13.4. The summed E-state index contributed by atoms with van der Waals surface area (Å²) in [6.07, 6.45) is 2.48. The van der Waals surface area contributed by atoms with Crippen LogP contribution < -0.4 is 19.7 Å². The van der Waals surface area contributed by atoms with Crippen LogP contribution in [-0.2, 0) is 31.0 Å². The second-order valence-electron chi connectivity index (χ2n) is 8.88. The van der Waals surface area contributed by atoms with Crippen molar-refractivity contribution in [1.82, 2.24) is 9.47 Å². The van der Waals surface area contributed by atoms with Gasteiger partial charge in [0.05, 0.1) is 21.0 Å². The zero-order chi connectivity index (χ0) is 30.1. The maximum Gasteiger partial charge on any atom is 0.323 e. The Morgan fingerprint density at radius 2 is 1.71 bits per heavy atom. The van der Waals surface area contributed by atoms with Gasteiger partial charge >= 0.3 is 11.9 Å². The largest absolute Gasteiger partial charge is 0.480 e. The molecule has 3 N–H and O–H groups in total. The summed E-state index contributed by atoms with van der Waals surface area (Å²) >= 11 is 8.34. The van der Waals surface area contributed by atoms with Gasteiger partial charge in [0.25, 0.3) is 21.6 Å². The van der Waals surface area contributed by atoms with Crippen molar-refractivity contribution in [2.45, 2.75) is 31.2 Å². The number of carbonyl (C=O) groups excluding carboxylic acids is 1. The molecule has 1 amide bonds. The summed E-state index contributed by atoms with van der Waals surface area (Å²) in [6, 6.07) is 7.58. The van der Waals surface area contributed by atoms with Crippen molar-refractivity contribution in [3.05, 3.63) is 54.9 Å². The number of thiocarbonyl (C=S) groups is 1. The van der Waals surface area contributed by atoms with Crippen molar-refractivity contribution in [2.24, 2.45) is 0 Å². The van der Waals surface area contributed by atoms with E-state index >= 15 is 0 Å². The Morgan fingerprint density at radius 3 is 2.37 bits per heavy atom. The van der Waals surface area contributed by atoms with E-state index in [4.69, 9.17) is 21.9 Å². The number of anilines is 1. The fourth-order valence-corrected chi connectivity index (χ4v) is 8.38. The zero-order valence-electron chi connectivity index (χ0n) is 21.3. The molecule has 2 aliphatic heterocycles. The van der Waals surface area contributed by atoms with Gasteiger partial charge in [-0.2, -0.15) is 8.42 Å². The molecule has 0 aliphatic carbocycles. The third-order valence-corrected chi connectivity index (χ3v) is 10.7. The van der Waals surface area contributed by atoms with Gasteiger partial charge in [-0.1, -0.05) is 47.9 Å². The predicted molar refractivity (Wildman–Crippen MR) is 161 cm³/mol. The first-order valence-electron chi connectivity index (χ1n) is 11.9. The molecule has 0 saturated carbocycles. The van der Waals surface area contributed by atoms with Crippen molar-refractivity contribution in [3.8, 4) is 0 Å². The fraction of sp³-hybridized carbons (Fsp3) is 0.292. The molecule has 1 fully saturated rings. The lowest BCUT2D eigenvalue weighted by Gasteiger charge is -2.20. The van der Waals surface area contributed by atoms with Gasteiger partial charge in [0.2, 0.25) is 0 Å². The predicted octanol–water partition coefficient (Wildman–Crippen LogP) is 1.34. The quantitative estimate of drug-likeness (QED) is 0.190. The van der Waals surface area contributed by atoms with E-state index in [0.29, 0.717) is 18.5 Å². The molecule has 218 valence electrons. The average molecular weight is 658 g/mol. The topological polar surface area (TPSA) is 175 Å². The minimum Gasteiger partial charge on any atom is -0.480 e. The molecular weight excluding hydrogens is 635 g/mol. The van der Waals surface area contributed by atoms with E-state index in [2.05, 4.69) is 0 Å². The van der Waals surface area contributed by atoms with Crippen molar-refractivity contribution in [3.63, 3.8) is 0 Å². The number of carbonyl (C=O) groups is 3. The second-order valence-corrected chi connectivity index (χ2v) is 14.2. The molecule has 2 aliphatic rings. The zero-order valence-corrected chi connectivity index (χ0v) is 25.4. The first-order chi connectivity index (χ1) is 19.3. The number of carboxylic acid groups (broad SMARTS) is 2. The number of hydrogen-bond donors (Lipinski definition) is 3. The standard InChI is InChI=1S/C24H23N3O9S5/c1-13(10-16-25(8-4-5-9-41(34,35)36)14-6-2-3-7-15(14)38-16)19-21(32)26(11-17(28)29)23(39-19)20-22(33)27(12-18(30)31)24(37)40-20/h2-3,6-7,10H,4-5,8-9,11-12H2,1H3,(H,28,29)(H,30,31)(H,34,35,36)/b16-10?,19-13?,23-20+. The first-order valence-corrected chi connectivity index (χ1v) is 16.4. The Bertz CT molecular complexity index is 1780. The number of amides is 1. The number of para-hydroxylation sites is 1. The molecule has 41 heavy (non-hydrogen) atoms. The fourth-order valence-electron chi connectivity index (χ4n) is 4.10. The molecule has 0 atom stereocenters. The maximum atomic E-state index is 13.4. The number of thioether (sulfide) groups is 2. The number of benzene rings is 1. The third kappa shape index (κ3) is 7.10. The summed E-state index contributed by atoms with van der Waals surface area (Å²) in [5.41, 5.74) is 0.782. The summed E-state index contributed by atoms with van der Waals surface area (Å²) < 4.78 is 32.5. The molecule has 3 heterocycles. The van der Waals surface area contributed by atoms with E-state index in [-0.39, 0.29) is 30.6 Å². The Hall–Kier alpha value is -2.96. The highest BCUT2D eigenvalue weighted by Crippen LogP contribution is 2.46. The first kappa shape index (κ1) is 31.0. The summed E-state index contributed by atoms with van der Waals surface area (Å²) in [6.45, 7) is 0.755. The van der Waals surface area contributed by atoms with Crippen LogP contribution in [0.1, 0.15) is 19.8 Å². The van der Waals surface area contributed by atoms with Gasteiger partial charge < -0.3 is 15.1 Å². The minimum atomic E-state index is -4.08. The Morgan fingerprint density at radius 1 is 1.02 bits per heavy atom. The van der Waals surface area contributed by atoms with Crippen molar-refractivity contribution in [1.29, 1.82) is 0 Å². The van der Waals surface area contributed by atoms with Gasteiger partial charge in [-0.3, -0.25) is 33.2 Å². The molecule has 0 unspecified atom stereocenters. The Balaban J connectivity index is 1.80. The van der Waals surface area contributed by atoms with Crippen molar-refractivity contribution < 1.29 is 37.6 Å². The van der Waals surface area contributed by atoms with Crippen LogP contribution in [-0.4, -0.2) is 73.7 Å². The summed E-state index contributed by atoms with van der Waals surface area (Å²) in [7, 11) is -4.08.